The molecule has 2 heterocycles. The van der Waals surface area contributed by atoms with Gasteiger partial charge in [-0.2, -0.15) is 0 Å². The van der Waals surface area contributed by atoms with E-state index in [4.69, 9.17) is 14.5 Å². The van der Waals surface area contributed by atoms with Crippen molar-refractivity contribution in [3.63, 3.8) is 0 Å². The van der Waals surface area contributed by atoms with Gasteiger partial charge < -0.3 is 14.8 Å². The first-order valence-corrected chi connectivity index (χ1v) is 12.0. The van der Waals surface area contributed by atoms with E-state index < -0.39 is 5.25 Å². The number of methoxy groups -OCH3 is 2. The van der Waals surface area contributed by atoms with Gasteiger partial charge in [-0.1, -0.05) is 17.8 Å². The van der Waals surface area contributed by atoms with Gasteiger partial charge in [-0.3, -0.25) is 14.5 Å². The molecule has 33 heavy (non-hydrogen) atoms. The van der Waals surface area contributed by atoms with Crippen LogP contribution >= 0.6 is 23.1 Å². The fourth-order valence-electron chi connectivity index (χ4n) is 3.22. The van der Waals surface area contributed by atoms with Crippen LogP contribution in [0.4, 0.5) is 11.4 Å². The third kappa shape index (κ3) is 5.74. The monoisotopic (exact) mass is 481 g/mol. The summed E-state index contributed by atoms with van der Waals surface area (Å²) in [6.45, 7) is 0.422. The molecular formula is C24H23N3O4S2. The summed E-state index contributed by atoms with van der Waals surface area (Å²) in [4.78, 5) is 33.5. The number of hydrogen-bond donors (Lipinski definition) is 1. The van der Waals surface area contributed by atoms with Crippen molar-refractivity contribution < 1.29 is 19.1 Å². The minimum absolute atomic E-state index is 0.0969. The number of benzene rings is 2. The predicted molar refractivity (Wildman–Crippen MR) is 133 cm³/mol. The molecule has 0 radical (unpaired) electrons. The second-order valence-corrected chi connectivity index (χ2v) is 9.38. The molecule has 2 amide bonds. The number of ether oxygens (including phenoxy) is 2. The first-order valence-electron chi connectivity index (χ1n) is 10.2. The minimum Gasteiger partial charge on any atom is -0.497 e. The Morgan fingerprint density at radius 2 is 1.73 bits per heavy atom. The molecule has 9 heteroatoms. The lowest BCUT2D eigenvalue weighted by Gasteiger charge is -2.31. The average Bonchev–Trinajstić information content (AvgIpc) is 3.35. The lowest BCUT2D eigenvalue weighted by atomic mass is 10.2. The summed E-state index contributed by atoms with van der Waals surface area (Å²) in [5.74, 6) is 1.05. The summed E-state index contributed by atoms with van der Waals surface area (Å²) in [7, 11) is 3.19. The minimum atomic E-state index is -0.587. The summed E-state index contributed by atoms with van der Waals surface area (Å²) in [5, 5.41) is 4.78. The van der Waals surface area contributed by atoms with E-state index in [0.29, 0.717) is 28.8 Å². The molecule has 1 atom stereocenters. The van der Waals surface area contributed by atoms with Gasteiger partial charge in [-0.15, -0.1) is 11.3 Å². The van der Waals surface area contributed by atoms with E-state index in [0.717, 1.165) is 10.6 Å². The van der Waals surface area contributed by atoms with Gasteiger partial charge in [-0.25, -0.2) is 4.99 Å². The molecule has 0 saturated carbocycles. The molecule has 1 fully saturated rings. The number of carbonyl (C=O) groups excluding carboxylic acids is 2. The SMILES string of the molecule is COc1ccc(N=C2SC(C(=O)Nc3ccc(OC)cc3)CC(=O)N2Cc2cccs2)cc1. The predicted octanol–water partition coefficient (Wildman–Crippen LogP) is 4.93. The maximum atomic E-state index is 13.1. The fraction of sp³-hybridized carbons (Fsp3) is 0.208. The molecule has 1 saturated heterocycles. The fourth-order valence-corrected chi connectivity index (χ4v) is 5.01. The smallest absolute Gasteiger partial charge is 0.238 e. The Bertz CT molecular complexity index is 1130. The van der Waals surface area contributed by atoms with E-state index in [9.17, 15) is 9.59 Å². The molecule has 7 nitrogen and oxygen atoms in total. The number of anilines is 1. The second kappa shape index (κ2) is 10.5. The molecule has 3 aromatic rings. The van der Waals surface area contributed by atoms with Gasteiger partial charge in [0.25, 0.3) is 0 Å². The molecule has 1 N–H and O–H groups in total. The van der Waals surface area contributed by atoms with Crippen LogP contribution in [0.15, 0.2) is 71.0 Å². The number of nitrogens with one attached hydrogen (secondary N) is 1. The van der Waals surface area contributed by atoms with E-state index in [1.165, 1.54) is 11.8 Å². The van der Waals surface area contributed by atoms with Crippen LogP contribution in [0, 0.1) is 0 Å². The molecule has 1 aromatic heterocycles. The zero-order chi connectivity index (χ0) is 23.2. The molecule has 4 rings (SSSR count). The van der Waals surface area contributed by atoms with E-state index in [1.54, 1.807) is 54.7 Å². The van der Waals surface area contributed by atoms with Crippen LogP contribution in [0.3, 0.4) is 0 Å². The summed E-state index contributed by atoms with van der Waals surface area (Å²) in [6.07, 6.45) is 0.0969. The zero-order valence-corrected chi connectivity index (χ0v) is 19.8. The van der Waals surface area contributed by atoms with Crippen molar-refractivity contribution in [2.45, 2.75) is 18.2 Å². The molecule has 0 aliphatic carbocycles. The van der Waals surface area contributed by atoms with Gasteiger partial charge in [0.05, 0.1) is 26.5 Å². The molecule has 170 valence electrons. The quantitative estimate of drug-likeness (QED) is 0.518. The highest BCUT2D eigenvalue weighted by Gasteiger charge is 2.36. The van der Waals surface area contributed by atoms with Crippen LogP contribution in [0.5, 0.6) is 11.5 Å². The van der Waals surface area contributed by atoms with Gasteiger partial charge in [0.2, 0.25) is 11.8 Å². The van der Waals surface area contributed by atoms with Gasteiger partial charge in [0, 0.05) is 17.0 Å². The van der Waals surface area contributed by atoms with E-state index in [-0.39, 0.29) is 18.2 Å². The van der Waals surface area contributed by atoms with Crippen molar-refractivity contribution in [3.8, 4) is 11.5 Å². The Balaban J connectivity index is 1.56. The van der Waals surface area contributed by atoms with Crippen molar-refractivity contribution in [3.05, 3.63) is 70.9 Å². The highest BCUT2D eigenvalue weighted by molar-refractivity contribution is 8.15. The summed E-state index contributed by atoms with van der Waals surface area (Å²) < 4.78 is 10.4. The lowest BCUT2D eigenvalue weighted by molar-refractivity contribution is -0.129. The Morgan fingerprint density at radius 1 is 1.06 bits per heavy atom. The van der Waals surface area contributed by atoms with Crippen molar-refractivity contribution >= 4 is 51.5 Å². The van der Waals surface area contributed by atoms with Crippen LogP contribution in [-0.2, 0) is 16.1 Å². The van der Waals surface area contributed by atoms with Crippen molar-refractivity contribution in [2.24, 2.45) is 4.99 Å². The van der Waals surface area contributed by atoms with Gasteiger partial charge in [0.15, 0.2) is 5.17 Å². The molecule has 0 bridgehead atoms. The van der Waals surface area contributed by atoms with Crippen molar-refractivity contribution in [1.29, 1.82) is 0 Å². The Morgan fingerprint density at radius 3 is 2.33 bits per heavy atom. The Kier molecular flexibility index (Phi) is 7.31. The summed E-state index contributed by atoms with van der Waals surface area (Å²) in [6, 6.07) is 18.3. The maximum Gasteiger partial charge on any atom is 0.238 e. The molecule has 2 aromatic carbocycles. The molecule has 1 aliphatic heterocycles. The van der Waals surface area contributed by atoms with E-state index in [1.807, 2.05) is 41.8 Å². The standard InChI is InChI=1S/C24H23N3O4S2/c1-30-18-9-5-16(6-10-18)25-23(29)21-14-22(28)27(15-20-4-3-13-32-20)24(33-21)26-17-7-11-19(31-2)12-8-17/h3-13,21H,14-15H2,1-2H3,(H,25,29). The maximum absolute atomic E-state index is 13.1. The third-order valence-corrected chi connectivity index (χ3v) is 7.03. The average molecular weight is 482 g/mol. The molecule has 1 aliphatic rings. The number of amidine groups is 1. The topological polar surface area (TPSA) is 80.2 Å². The van der Waals surface area contributed by atoms with E-state index >= 15 is 0 Å². The molecular weight excluding hydrogens is 458 g/mol. The van der Waals surface area contributed by atoms with Crippen LogP contribution in [0.1, 0.15) is 11.3 Å². The first-order chi connectivity index (χ1) is 16.1. The van der Waals surface area contributed by atoms with Crippen LogP contribution in [-0.4, -0.2) is 41.4 Å². The van der Waals surface area contributed by atoms with Crippen LogP contribution < -0.4 is 14.8 Å². The van der Waals surface area contributed by atoms with Crippen LogP contribution in [0.25, 0.3) is 0 Å². The van der Waals surface area contributed by atoms with Crippen molar-refractivity contribution in [1.82, 2.24) is 4.90 Å². The number of thiophene rings is 1. The number of aliphatic imine (C=N–C) groups is 1. The Labute approximate surface area is 200 Å². The largest absolute Gasteiger partial charge is 0.497 e. The van der Waals surface area contributed by atoms with Crippen molar-refractivity contribution in [2.75, 3.05) is 19.5 Å². The number of rotatable bonds is 7. The lowest BCUT2D eigenvalue weighted by Crippen LogP contribution is -2.44. The van der Waals surface area contributed by atoms with Gasteiger partial charge in [0.1, 0.15) is 16.7 Å². The number of thioether (sulfide) groups is 1. The first kappa shape index (κ1) is 22.9. The number of amides is 2. The second-order valence-electron chi connectivity index (χ2n) is 7.18. The van der Waals surface area contributed by atoms with Crippen LogP contribution in [0.2, 0.25) is 0 Å². The molecule has 1 unspecified atom stereocenters. The zero-order valence-electron chi connectivity index (χ0n) is 18.2. The number of nitrogens with zero attached hydrogens (tertiary/aromatic N) is 2. The number of hydrogen-bond acceptors (Lipinski definition) is 7. The number of carbonyl (C=O) groups is 2. The summed E-state index contributed by atoms with van der Waals surface area (Å²) in [5.41, 5.74) is 1.32. The molecule has 0 spiro atoms. The third-order valence-electron chi connectivity index (χ3n) is 4.98. The summed E-state index contributed by atoms with van der Waals surface area (Å²) >= 11 is 2.88. The normalized spacial score (nSPS) is 17.2. The van der Waals surface area contributed by atoms with Gasteiger partial charge in [-0.05, 0) is 60.0 Å². The van der Waals surface area contributed by atoms with E-state index in [2.05, 4.69) is 5.32 Å². The van der Waals surface area contributed by atoms with Gasteiger partial charge >= 0.3 is 0 Å². The highest BCUT2D eigenvalue weighted by atomic mass is 32.2. The highest BCUT2D eigenvalue weighted by Crippen LogP contribution is 2.32. The Hall–Kier alpha value is -3.30.